The predicted octanol–water partition coefficient (Wildman–Crippen LogP) is 3.65. The van der Waals surface area contributed by atoms with E-state index in [9.17, 15) is 9.90 Å². The van der Waals surface area contributed by atoms with E-state index in [0.29, 0.717) is 0 Å². The van der Waals surface area contributed by atoms with Crippen LogP contribution in [0.1, 0.15) is 43.7 Å². The van der Waals surface area contributed by atoms with Gasteiger partial charge in [-0.1, -0.05) is 67.8 Å². The topological polar surface area (TPSA) is 61.4 Å². The number of hydrogen-bond acceptors (Lipinski definition) is 3. The Kier molecular flexibility index (Phi) is 6.07. The summed E-state index contributed by atoms with van der Waals surface area (Å²) in [6.07, 6.45) is 4.37. The normalized spacial score (nSPS) is 17.5. The van der Waals surface area contributed by atoms with Crippen LogP contribution >= 0.6 is 0 Å². The number of anilines is 1. The van der Waals surface area contributed by atoms with E-state index in [0.717, 1.165) is 36.9 Å². The number of carbonyl (C=O) groups is 1. The lowest BCUT2D eigenvalue weighted by Gasteiger charge is -2.28. The van der Waals surface area contributed by atoms with Gasteiger partial charge in [0.15, 0.2) is 6.10 Å². The van der Waals surface area contributed by atoms with Gasteiger partial charge >= 0.3 is 0 Å². The lowest BCUT2D eigenvalue weighted by Crippen LogP contribution is -2.45. The number of hydrogen-bond donors (Lipinski definition) is 3. The van der Waals surface area contributed by atoms with Gasteiger partial charge in [0.25, 0.3) is 5.91 Å². The number of benzene rings is 2. The summed E-state index contributed by atoms with van der Waals surface area (Å²) in [4.78, 5) is 12.6. The Labute approximate surface area is 149 Å². The quantitative estimate of drug-likeness (QED) is 0.753. The molecular formula is C21H26N2O2. The van der Waals surface area contributed by atoms with E-state index >= 15 is 0 Å². The minimum absolute atomic E-state index is 0.184. The standard InChI is InChI=1S/C21H26N2O2/c24-20(21(25)23-18-14-8-3-9-15-18)19(16-10-4-1-5-11-16)22-17-12-6-2-7-13-17/h1-2,4-7,10-13,18-20,22,24H,3,8-9,14-15H2,(H,23,25)/t19-,20-/m1/s1. The number of rotatable bonds is 6. The van der Waals surface area contributed by atoms with Crippen LogP contribution in [-0.4, -0.2) is 23.2 Å². The van der Waals surface area contributed by atoms with Gasteiger partial charge < -0.3 is 15.7 Å². The zero-order valence-electron chi connectivity index (χ0n) is 14.4. The Morgan fingerprint density at radius 3 is 2.16 bits per heavy atom. The summed E-state index contributed by atoms with van der Waals surface area (Å²) >= 11 is 0. The van der Waals surface area contributed by atoms with Crippen LogP contribution in [0.5, 0.6) is 0 Å². The number of aliphatic hydroxyl groups is 1. The molecule has 0 unspecified atom stereocenters. The molecule has 0 radical (unpaired) electrons. The molecule has 3 rings (SSSR count). The number of nitrogens with one attached hydrogen (secondary N) is 2. The lowest BCUT2D eigenvalue weighted by molar-refractivity contribution is -0.131. The Bertz CT molecular complexity index is 654. The second kappa shape index (κ2) is 8.67. The van der Waals surface area contributed by atoms with Crippen molar-refractivity contribution in [1.29, 1.82) is 0 Å². The molecule has 0 aromatic heterocycles. The van der Waals surface area contributed by atoms with Crippen molar-refractivity contribution < 1.29 is 9.90 Å². The molecule has 2 aromatic rings. The fourth-order valence-electron chi connectivity index (χ4n) is 3.40. The van der Waals surface area contributed by atoms with Gasteiger partial charge in [-0.2, -0.15) is 0 Å². The Hall–Kier alpha value is -2.33. The van der Waals surface area contributed by atoms with Crippen molar-refractivity contribution in [2.75, 3.05) is 5.32 Å². The lowest BCUT2D eigenvalue weighted by atomic mass is 9.94. The van der Waals surface area contributed by atoms with Crippen molar-refractivity contribution in [1.82, 2.24) is 5.32 Å². The van der Waals surface area contributed by atoms with Crippen LogP contribution in [0.2, 0.25) is 0 Å². The highest BCUT2D eigenvalue weighted by Crippen LogP contribution is 2.24. The van der Waals surface area contributed by atoms with Gasteiger partial charge in [-0.15, -0.1) is 0 Å². The van der Waals surface area contributed by atoms with E-state index in [-0.39, 0.29) is 11.9 Å². The first-order valence-corrected chi connectivity index (χ1v) is 9.09. The van der Waals surface area contributed by atoms with E-state index in [1.807, 2.05) is 60.7 Å². The summed E-state index contributed by atoms with van der Waals surface area (Å²) < 4.78 is 0. The molecule has 0 heterocycles. The maximum absolute atomic E-state index is 12.6. The maximum Gasteiger partial charge on any atom is 0.251 e. The second-order valence-corrected chi connectivity index (χ2v) is 6.69. The van der Waals surface area contributed by atoms with Crippen LogP contribution in [0.4, 0.5) is 5.69 Å². The van der Waals surface area contributed by atoms with Crippen LogP contribution < -0.4 is 10.6 Å². The summed E-state index contributed by atoms with van der Waals surface area (Å²) in [6.45, 7) is 0. The zero-order chi connectivity index (χ0) is 17.5. The van der Waals surface area contributed by atoms with Crippen LogP contribution in [0, 0.1) is 0 Å². The molecule has 132 valence electrons. The number of amides is 1. The summed E-state index contributed by atoms with van der Waals surface area (Å²) in [5, 5.41) is 17.1. The van der Waals surface area contributed by atoms with Gasteiger partial charge in [0, 0.05) is 11.7 Å². The highest BCUT2D eigenvalue weighted by atomic mass is 16.3. The first-order chi connectivity index (χ1) is 12.2. The highest BCUT2D eigenvalue weighted by molar-refractivity contribution is 5.82. The molecule has 0 spiro atoms. The van der Waals surface area contributed by atoms with E-state index in [1.165, 1.54) is 6.42 Å². The van der Waals surface area contributed by atoms with Crippen LogP contribution in [-0.2, 0) is 4.79 Å². The van der Waals surface area contributed by atoms with E-state index in [4.69, 9.17) is 0 Å². The maximum atomic E-state index is 12.6. The Balaban J connectivity index is 1.74. The molecule has 3 N–H and O–H groups in total. The number of carbonyl (C=O) groups excluding carboxylic acids is 1. The minimum Gasteiger partial charge on any atom is -0.381 e. The molecule has 1 aliphatic carbocycles. The molecule has 2 atom stereocenters. The zero-order valence-corrected chi connectivity index (χ0v) is 14.4. The third kappa shape index (κ3) is 4.83. The second-order valence-electron chi connectivity index (χ2n) is 6.69. The van der Waals surface area contributed by atoms with E-state index in [1.54, 1.807) is 0 Å². The largest absolute Gasteiger partial charge is 0.381 e. The molecule has 2 aromatic carbocycles. The third-order valence-corrected chi connectivity index (χ3v) is 4.79. The average Bonchev–Trinajstić information content (AvgIpc) is 2.68. The molecule has 1 amide bonds. The molecule has 0 bridgehead atoms. The molecule has 1 saturated carbocycles. The van der Waals surface area contributed by atoms with Crippen molar-refractivity contribution in [2.24, 2.45) is 0 Å². The molecule has 25 heavy (non-hydrogen) atoms. The van der Waals surface area contributed by atoms with Crippen molar-refractivity contribution in [2.45, 2.75) is 50.3 Å². The van der Waals surface area contributed by atoms with Crippen LogP contribution in [0.3, 0.4) is 0 Å². The van der Waals surface area contributed by atoms with Crippen molar-refractivity contribution in [3.05, 3.63) is 66.2 Å². The summed E-state index contributed by atoms with van der Waals surface area (Å²) in [5.74, 6) is -0.302. The number of para-hydroxylation sites is 1. The van der Waals surface area contributed by atoms with Crippen LogP contribution in [0.15, 0.2) is 60.7 Å². The minimum atomic E-state index is -1.15. The van der Waals surface area contributed by atoms with Crippen molar-refractivity contribution in [3.8, 4) is 0 Å². The molecule has 0 saturated heterocycles. The Morgan fingerprint density at radius 2 is 1.52 bits per heavy atom. The van der Waals surface area contributed by atoms with Gasteiger partial charge in [0.2, 0.25) is 0 Å². The SMILES string of the molecule is O=C(NC1CCCCC1)[C@H](O)[C@H](Nc1ccccc1)c1ccccc1. The molecule has 1 fully saturated rings. The molecule has 0 aliphatic heterocycles. The van der Waals surface area contributed by atoms with Gasteiger partial charge in [0.1, 0.15) is 0 Å². The molecule has 4 heteroatoms. The number of aliphatic hydroxyl groups excluding tert-OH is 1. The molecular weight excluding hydrogens is 312 g/mol. The summed E-state index contributed by atoms with van der Waals surface area (Å²) in [6, 6.07) is 19.0. The van der Waals surface area contributed by atoms with Crippen molar-refractivity contribution in [3.63, 3.8) is 0 Å². The monoisotopic (exact) mass is 338 g/mol. The average molecular weight is 338 g/mol. The van der Waals surface area contributed by atoms with Gasteiger partial charge in [-0.25, -0.2) is 0 Å². The summed E-state index contributed by atoms with van der Waals surface area (Å²) in [5.41, 5.74) is 1.76. The highest BCUT2D eigenvalue weighted by Gasteiger charge is 2.29. The van der Waals surface area contributed by atoms with Crippen LogP contribution in [0.25, 0.3) is 0 Å². The van der Waals surface area contributed by atoms with Gasteiger partial charge in [-0.3, -0.25) is 4.79 Å². The third-order valence-electron chi connectivity index (χ3n) is 4.79. The Morgan fingerprint density at radius 1 is 0.920 bits per heavy atom. The molecule has 1 aliphatic rings. The smallest absolute Gasteiger partial charge is 0.251 e. The fraction of sp³-hybridized carbons (Fsp3) is 0.381. The van der Waals surface area contributed by atoms with Gasteiger partial charge in [-0.05, 0) is 30.5 Å². The first kappa shape index (κ1) is 17.5. The fourth-order valence-corrected chi connectivity index (χ4v) is 3.40. The van der Waals surface area contributed by atoms with E-state index < -0.39 is 12.1 Å². The molecule has 4 nitrogen and oxygen atoms in total. The van der Waals surface area contributed by atoms with Gasteiger partial charge in [0.05, 0.1) is 6.04 Å². The predicted molar refractivity (Wildman–Crippen MR) is 100 cm³/mol. The van der Waals surface area contributed by atoms with E-state index in [2.05, 4.69) is 10.6 Å². The summed E-state index contributed by atoms with van der Waals surface area (Å²) in [7, 11) is 0. The van der Waals surface area contributed by atoms with Crippen molar-refractivity contribution >= 4 is 11.6 Å². The first-order valence-electron chi connectivity index (χ1n) is 9.09.